The monoisotopic (exact) mass is 571 g/mol. The maximum absolute atomic E-state index is 13.1. The summed E-state index contributed by atoms with van der Waals surface area (Å²) >= 11 is 0. The average molecular weight is 572 g/mol. The third-order valence-electron chi connectivity index (χ3n) is 7.78. The standard InChI is InChI=1S/C29H33N9O4/c1-19(27-34-25(26(39)29(41)36(27)3)28(40)33-22-16-32-42-18-22)24(23-7-5-4-6-20(23)14-30)21-15-31-38(17-21)13-12-37-10-8-35(2)9-11-37/h4-7,15-19,24,39H,8-13H2,1-3H3,(H,33,40)/t19-,24+/m0/s1. The number of hydrogen-bond donors (Lipinski definition) is 2. The second-order valence-electron chi connectivity index (χ2n) is 10.5. The van der Waals surface area contributed by atoms with Gasteiger partial charge in [-0.05, 0) is 24.2 Å². The topological polar surface area (TPSA) is 158 Å². The van der Waals surface area contributed by atoms with E-state index in [4.69, 9.17) is 4.52 Å². The summed E-state index contributed by atoms with van der Waals surface area (Å²) in [4.78, 5) is 35.3. The summed E-state index contributed by atoms with van der Waals surface area (Å²) in [5.41, 5.74) is 1.12. The molecule has 3 aromatic heterocycles. The first kappa shape index (κ1) is 28.7. The lowest BCUT2D eigenvalue weighted by Crippen LogP contribution is -2.45. The molecule has 2 N–H and O–H groups in total. The molecule has 42 heavy (non-hydrogen) atoms. The predicted octanol–water partition coefficient (Wildman–Crippen LogP) is 1.98. The molecule has 1 aromatic carbocycles. The summed E-state index contributed by atoms with van der Waals surface area (Å²) in [6.07, 6.45) is 6.24. The van der Waals surface area contributed by atoms with Crippen molar-refractivity contribution in [2.24, 2.45) is 7.05 Å². The Morgan fingerprint density at radius 1 is 1.17 bits per heavy atom. The lowest BCUT2D eigenvalue weighted by Gasteiger charge is -2.32. The fourth-order valence-electron chi connectivity index (χ4n) is 5.36. The Kier molecular flexibility index (Phi) is 8.46. The molecule has 0 radical (unpaired) electrons. The van der Waals surface area contributed by atoms with E-state index in [2.05, 4.69) is 43.5 Å². The highest BCUT2D eigenvalue weighted by atomic mass is 16.5. The van der Waals surface area contributed by atoms with Crippen LogP contribution >= 0.6 is 0 Å². The van der Waals surface area contributed by atoms with Gasteiger partial charge in [-0.2, -0.15) is 10.4 Å². The van der Waals surface area contributed by atoms with E-state index in [1.807, 2.05) is 29.9 Å². The van der Waals surface area contributed by atoms with E-state index in [-0.39, 0.29) is 11.5 Å². The second kappa shape index (κ2) is 12.4. The normalized spacial score (nSPS) is 15.7. The summed E-state index contributed by atoms with van der Waals surface area (Å²) in [6.45, 7) is 7.52. The summed E-state index contributed by atoms with van der Waals surface area (Å²) in [5, 5.41) is 31.2. The molecule has 4 aromatic rings. The minimum absolute atomic E-state index is 0.251. The molecule has 1 saturated heterocycles. The molecule has 1 aliphatic heterocycles. The highest BCUT2D eigenvalue weighted by Crippen LogP contribution is 2.39. The smallest absolute Gasteiger partial charge is 0.296 e. The summed E-state index contributed by atoms with van der Waals surface area (Å²) in [6, 6.07) is 9.55. The van der Waals surface area contributed by atoms with Gasteiger partial charge in [-0.25, -0.2) is 4.98 Å². The number of piperazine rings is 1. The van der Waals surface area contributed by atoms with Crippen LogP contribution in [0.3, 0.4) is 0 Å². The van der Waals surface area contributed by atoms with Gasteiger partial charge < -0.3 is 19.8 Å². The van der Waals surface area contributed by atoms with E-state index in [1.54, 1.807) is 18.3 Å². The van der Waals surface area contributed by atoms with Gasteiger partial charge in [0.15, 0.2) is 5.69 Å². The molecular formula is C29H33N9O4. The molecule has 0 spiro atoms. The van der Waals surface area contributed by atoms with E-state index >= 15 is 0 Å². The fraction of sp³-hybridized carbons (Fsp3) is 0.379. The van der Waals surface area contributed by atoms with Crippen molar-refractivity contribution in [3.63, 3.8) is 0 Å². The molecule has 2 atom stereocenters. The molecule has 1 fully saturated rings. The van der Waals surface area contributed by atoms with Gasteiger partial charge >= 0.3 is 0 Å². The number of carbonyl (C=O) groups is 1. The molecule has 1 amide bonds. The van der Waals surface area contributed by atoms with E-state index in [1.165, 1.54) is 24.1 Å². The minimum Gasteiger partial charge on any atom is -0.501 e. The van der Waals surface area contributed by atoms with Crippen molar-refractivity contribution >= 4 is 11.6 Å². The quantitative estimate of drug-likeness (QED) is 0.304. The number of carbonyl (C=O) groups excluding carboxylic acids is 1. The van der Waals surface area contributed by atoms with E-state index in [0.717, 1.165) is 43.9 Å². The number of rotatable bonds is 9. The van der Waals surface area contributed by atoms with Crippen molar-refractivity contribution in [2.45, 2.75) is 25.3 Å². The van der Waals surface area contributed by atoms with Crippen LogP contribution in [-0.4, -0.2) is 85.1 Å². The Bertz CT molecular complexity index is 1650. The molecule has 1 aliphatic rings. The van der Waals surface area contributed by atoms with E-state index < -0.39 is 34.7 Å². The molecule has 0 saturated carbocycles. The van der Waals surface area contributed by atoms with Crippen molar-refractivity contribution in [3.05, 3.63) is 87.7 Å². The van der Waals surface area contributed by atoms with Crippen LogP contribution in [0.1, 0.15) is 51.8 Å². The van der Waals surface area contributed by atoms with Gasteiger partial charge in [0.05, 0.1) is 30.6 Å². The van der Waals surface area contributed by atoms with Gasteiger partial charge in [0.1, 0.15) is 17.8 Å². The molecule has 0 aliphatic carbocycles. The Morgan fingerprint density at radius 2 is 1.93 bits per heavy atom. The number of hydrogen-bond acceptors (Lipinski definition) is 10. The van der Waals surface area contributed by atoms with Crippen LogP contribution in [0.4, 0.5) is 5.69 Å². The summed E-state index contributed by atoms with van der Waals surface area (Å²) < 4.78 is 7.87. The lowest BCUT2D eigenvalue weighted by molar-refractivity contribution is 0.101. The van der Waals surface area contributed by atoms with Gasteiger partial charge in [0.2, 0.25) is 5.75 Å². The maximum Gasteiger partial charge on any atom is 0.296 e. The summed E-state index contributed by atoms with van der Waals surface area (Å²) in [7, 11) is 3.62. The number of anilines is 1. The van der Waals surface area contributed by atoms with Gasteiger partial charge in [0.25, 0.3) is 11.5 Å². The largest absolute Gasteiger partial charge is 0.501 e. The number of nitrogens with zero attached hydrogens (tertiary/aromatic N) is 8. The van der Waals surface area contributed by atoms with Gasteiger partial charge in [0, 0.05) is 57.8 Å². The minimum atomic E-state index is -0.785. The maximum atomic E-state index is 13.1. The van der Waals surface area contributed by atoms with Crippen LogP contribution in [-0.2, 0) is 13.6 Å². The highest BCUT2D eigenvalue weighted by molar-refractivity contribution is 6.04. The zero-order valence-electron chi connectivity index (χ0n) is 23.8. The van der Waals surface area contributed by atoms with Crippen molar-refractivity contribution in [1.82, 2.24) is 34.3 Å². The predicted molar refractivity (Wildman–Crippen MR) is 153 cm³/mol. The van der Waals surface area contributed by atoms with Gasteiger partial charge in [-0.1, -0.05) is 30.3 Å². The molecule has 218 valence electrons. The van der Waals surface area contributed by atoms with Crippen LogP contribution in [0.15, 0.2) is 58.4 Å². The highest BCUT2D eigenvalue weighted by Gasteiger charge is 2.31. The first-order chi connectivity index (χ1) is 20.3. The number of nitriles is 1. The Balaban J connectivity index is 1.50. The SMILES string of the molecule is C[C@H](c1nc(C(=O)Nc2cnoc2)c(O)c(=O)n1C)[C@H](c1cnn(CCN2CCN(C)CC2)c1)c1ccccc1C#N. The first-order valence-corrected chi connectivity index (χ1v) is 13.7. The van der Waals surface area contributed by atoms with E-state index in [9.17, 15) is 20.0 Å². The van der Waals surface area contributed by atoms with Crippen LogP contribution in [0.25, 0.3) is 0 Å². The van der Waals surface area contributed by atoms with Crippen LogP contribution in [0, 0.1) is 11.3 Å². The van der Waals surface area contributed by atoms with E-state index in [0.29, 0.717) is 12.1 Å². The summed E-state index contributed by atoms with van der Waals surface area (Å²) in [5.74, 6) is -2.23. The van der Waals surface area contributed by atoms with Crippen molar-refractivity contribution in [3.8, 4) is 11.8 Å². The number of nitrogens with one attached hydrogen (secondary N) is 1. The fourth-order valence-corrected chi connectivity index (χ4v) is 5.36. The molecule has 13 heteroatoms. The Labute approximate surface area is 242 Å². The lowest BCUT2D eigenvalue weighted by atomic mass is 9.80. The zero-order chi connectivity index (χ0) is 29.8. The molecule has 13 nitrogen and oxygen atoms in total. The third kappa shape index (κ3) is 5.95. The van der Waals surface area contributed by atoms with Crippen LogP contribution in [0.5, 0.6) is 5.75 Å². The Hall–Kier alpha value is -4.80. The number of amides is 1. The van der Waals surface area contributed by atoms with Crippen molar-refractivity contribution < 1.29 is 14.4 Å². The zero-order valence-corrected chi connectivity index (χ0v) is 23.8. The third-order valence-corrected chi connectivity index (χ3v) is 7.78. The van der Waals surface area contributed by atoms with Crippen molar-refractivity contribution in [2.75, 3.05) is 45.1 Å². The molecular weight excluding hydrogens is 538 g/mol. The molecule has 4 heterocycles. The van der Waals surface area contributed by atoms with Crippen molar-refractivity contribution in [1.29, 1.82) is 5.26 Å². The molecule has 5 rings (SSSR count). The average Bonchev–Trinajstić information content (AvgIpc) is 3.68. The number of aromatic hydroxyl groups is 1. The molecule has 0 unspecified atom stereocenters. The molecule has 0 bridgehead atoms. The first-order valence-electron chi connectivity index (χ1n) is 13.7. The number of aromatic nitrogens is 5. The number of benzene rings is 1. The van der Waals surface area contributed by atoms with Crippen LogP contribution in [0.2, 0.25) is 0 Å². The van der Waals surface area contributed by atoms with Crippen LogP contribution < -0.4 is 10.9 Å². The number of likely N-dealkylation sites (N-methyl/N-ethyl adjacent to an activating group) is 1. The van der Waals surface area contributed by atoms with Gasteiger partial charge in [-0.15, -0.1) is 0 Å². The Morgan fingerprint density at radius 3 is 2.64 bits per heavy atom. The second-order valence-corrected chi connectivity index (χ2v) is 10.5. The van der Waals surface area contributed by atoms with Gasteiger partial charge in [-0.3, -0.25) is 23.7 Å².